The van der Waals surface area contributed by atoms with E-state index in [1.807, 2.05) is 16.5 Å². The average molecular weight is 255 g/mol. The summed E-state index contributed by atoms with van der Waals surface area (Å²) >= 11 is 0. The van der Waals surface area contributed by atoms with Crippen LogP contribution in [0.15, 0.2) is 43.0 Å². The number of nitrogens with one attached hydrogen (secondary N) is 1. The summed E-state index contributed by atoms with van der Waals surface area (Å²) in [6.45, 7) is 0.740. The lowest BCUT2D eigenvalue weighted by atomic mass is 10.1. The van der Waals surface area contributed by atoms with Crippen molar-refractivity contribution in [1.29, 1.82) is 0 Å². The van der Waals surface area contributed by atoms with Crippen molar-refractivity contribution < 1.29 is 5.11 Å². The van der Waals surface area contributed by atoms with E-state index in [2.05, 4.69) is 20.5 Å². The molecule has 3 rings (SSSR count). The van der Waals surface area contributed by atoms with Crippen molar-refractivity contribution in [2.75, 3.05) is 11.9 Å². The van der Waals surface area contributed by atoms with Crippen molar-refractivity contribution in [1.82, 2.24) is 19.6 Å². The lowest BCUT2D eigenvalue weighted by molar-refractivity contribution is 0.475. The zero-order chi connectivity index (χ0) is 13.1. The molecule has 1 aromatic carbocycles. The number of benzene rings is 1. The van der Waals surface area contributed by atoms with E-state index in [1.165, 1.54) is 0 Å². The molecule has 0 aliphatic heterocycles. The number of aromatic nitrogens is 4. The second-order valence-electron chi connectivity index (χ2n) is 4.18. The largest absolute Gasteiger partial charge is 0.508 e. The van der Waals surface area contributed by atoms with Gasteiger partial charge in [0.1, 0.15) is 12.1 Å². The number of anilines is 1. The van der Waals surface area contributed by atoms with E-state index in [0.29, 0.717) is 5.65 Å². The van der Waals surface area contributed by atoms with Gasteiger partial charge in [-0.25, -0.2) is 4.98 Å². The molecule has 0 aliphatic carbocycles. The monoisotopic (exact) mass is 255 g/mol. The normalized spacial score (nSPS) is 10.7. The van der Waals surface area contributed by atoms with Crippen LogP contribution in [-0.4, -0.2) is 31.2 Å². The molecule has 0 aliphatic rings. The zero-order valence-electron chi connectivity index (χ0n) is 10.2. The van der Waals surface area contributed by atoms with Crippen molar-refractivity contribution in [2.24, 2.45) is 0 Å². The zero-order valence-corrected chi connectivity index (χ0v) is 10.2. The van der Waals surface area contributed by atoms with E-state index in [1.54, 1.807) is 30.9 Å². The van der Waals surface area contributed by atoms with Crippen molar-refractivity contribution >= 4 is 11.5 Å². The minimum absolute atomic E-state index is 0.284. The van der Waals surface area contributed by atoms with Crippen LogP contribution in [0.4, 0.5) is 5.82 Å². The standard InChI is InChI=1S/C13H13N5O/c19-11-3-1-10(2-4-11)5-6-14-12-13-17-16-9-18(13)8-7-15-12/h1-4,7-9,19H,5-6H2,(H,14,15). The van der Waals surface area contributed by atoms with E-state index in [4.69, 9.17) is 0 Å². The Morgan fingerprint density at radius 3 is 2.89 bits per heavy atom. The molecular formula is C13H13N5O. The minimum Gasteiger partial charge on any atom is -0.508 e. The molecule has 0 unspecified atom stereocenters. The lowest BCUT2D eigenvalue weighted by Gasteiger charge is -2.06. The third-order valence-electron chi connectivity index (χ3n) is 2.86. The summed E-state index contributed by atoms with van der Waals surface area (Å²) in [7, 11) is 0. The summed E-state index contributed by atoms with van der Waals surface area (Å²) in [6, 6.07) is 7.18. The van der Waals surface area contributed by atoms with Gasteiger partial charge in [-0.1, -0.05) is 12.1 Å². The second kappa shape index (κ2) is 4.93. The van der Waals surface area contributed by atoms with Gasteiger partial charge in [0.05, 0.1) is 0 Å². The highest BCUT2D eigenvalue weighted by molar-refractivity contribution is 5.61. The molecule has 6 nitrogen and oxygen atoms in total. The average Bonchev–Trinajstić information content (AvgIpc) is 2.90. The van der Waals surface area contributed by atoms with Crippen LogP contribution in [0.25, 0.3) is 5.65 Å². The van der Waals surface area contributed by atoms with Gasteiger partial charge in [-0.15, -0.1) is 10.2 Å². The second-order valence-corrected chi connectivity index (χ2v) is 4.18. The van der Waals surface area contributed by atoms with E-state index < -0.39 is 0 Å². The lowest BCUT2D eigenvalue weighted by Crippen LogP contribution is -2.07. The number of hydrogen-bond acceptors (Lipinski definition) is 5. The Labute approximate surface area is 109 Å². The Morgan fingerprint density at radius 2 is 2.05 bits per heavy atom. The molecule has 96 valence electrons. The van der Waals surface area contributed by atoms with Crippen LogP contribution in [0.3, 0.4) is 0 Å². The van der Waals surface area contributed by atoms with Crippen molar-refractivity contribution in [3.8, 4) is 5.75 Å². The Balaban J connectivity index is 1.66. The highest BCUT2D eigenvalue weighted by Crippen LogP contribution is 2.12. The van der Waals surface area contributed by atoms with Gasteiger partial charge in [-0.3, -0.25) is 4.40 Å². The first-order valence-corrected chi connectivity index (χ1v) is 5.99. The summed E-state index contributed by atoms with van der Waals surface area (Å²) in [6.07, 6.45) is 6.00. The molecule has 0 bridgehead atoms. The Bertz CT molecular complexity index is 677. The first-order valence-electron chi connectivity index (χ1n) is 5.99. The Morgan fingerprint density at radius 1 is 1.21 bits per heavy atom. The first-order chi connectivity index (χ1) is 9.33. The Hall–Kier alpha value is -2.63. The van der Waals surface area contributed by atoms with E-state index in [-0.39, 0.29) is 5.75 Å². The summed E-state index contributed by atoms with van der Waals surface area (Å²) in [5, 5.41) is 20.3. The maximum absolute atomic E-state index is 9.21. The van der Waals surface area contributed by atoms with Crippen LogP contribution < -0.4 is 5.32 Å². The van der Waals surface area contributed by atoms with Crippen LogP contribution in [0.5, 0.6) is 5.75 Å². The highest BCUT2D eigenvalue weighted by Gasteiger charge is 2.03. The van der Waals surface area contributed by atoms with Gasteiger partial charge in [0, 0.05) is 18.9 Å². The molecular weight excluding hydrogens is 242 g/mol. The molecule has 3 aromatic rings. The van der Waals surface area contributed by atoms with Crippen LogP contribution in [0.1, 0.15) is 5.56 Å². The molecule has 0 atom stereocenters. The van der Waals surface area contributed by atoms with Crippen LogP contribution >= 0.6 is 0 Å². The SMILES string of the molecule is Oc1ccc(CCNc2nccn3cnnc23)cc1. The van der Waals surface area contributed by atoms with Gasteiger partial charge in [0.25, 0.3) is 0 Å². The van der Waals surface area contributed by atoms with Gasteiger partial charge in [0.2, 0.25) is 5.65 Å². The molecule has 0 saturated heterocycles. The maximum Gasteiger partial charge on any atom is 0.203 e. The van der Waals surface area contributed by atoms with Gasteiger partial charge in [0.15, 0.2) is 5.82 Å². The molecule has 0 radical (unpaired) electrons. The smallest absolute Gasteiger partial charge is 0.203 e. The fourth-order valence-corrected chi connectivity index (χ4v) is 1.87. The maximum atomic E-state index is 9.21. The third-order valence-corrected chi connectivity index (χ3v) is 2.86. The Kier molecular flexibility index (Phi) is 2.97. The van der Waals surface area contributed by atoms with Gasteiger partial charge >= 0.3 is 0 Å². The van der Waals surface area contributed by atoms with Gasteiger partial charge in [-0.05, 0) is 24.1 Å². The number of phenols is 1. The topological polar surface area (TPSA) is 75.3 Å². The van der Waals surface area contributed by atoms with Crippen molar-refractivity contribution in [2.45, 2.75) is 6.42 Å². The molecule has 0 amide bonds. The fourth-order valence-electron chi connectivity index (χ4n) is 1.87. The first kappa shape index (κ1) is 11.5. The fraction of sp³-hybridized carbons (Fsp3) is 0.154. The third kappa shape index (κ3) is 2.47. The number of phenolic OH excluding ortho intramolecular Hbond substituents is 1. The highest BCUT2D eigenvalue weighted by atomic mass is 16.3. The number of fused-ring (bicyclic) bond motifs is 1. The summed E-state index contributed by atoms with van der Waals surface area (Å²) in [5.74, 6) is 1.00. The van der Waals surface area contributed by atoms with Crippen molar-refractivity contribution in [3.05, 3.63) is 48.5 Å². The number of rotatable bonds is 4. The van der Waals surface area contributed by atoms with Crippen LogP contribution in [0.2, 0.25) is 0 Å². The van der Waals surface area contributed by atoms with Gasteiger partial charge < -0.3 is 10.4 Å². The number of nitrogens with zero attached hydrogens (tertiary/aromatic N) is 4. The molecule has 6 heteroatoms. The molecule has 0 saturated carbocycles. The molecule has 2 heterocycles. The molecule has 0 fully saturated rings. The quantitative estimate of drug-likeness (QED) is 0.738. The summed E-state index contributed by atoms with van der Waals surface area (Å²) in [5.41, 5.74) is 1.87. The summed E-state index contributed by atoms with van der Waals surface area (Å²) < 4.78 is 1.82. The predicted molar refractivity (Wildman–Crippen MR) is 71.1 cm³/mol. The minimum atomic E-state index is 0.284. The summed E-state index contributed by atoms with van der Waals surface area (Å²) in [4.78, 5) is 4.25. The van der Waals surface area contributed by atoms with Crippen LogP contribution in [-0.2, 0) is 6.42 Å². The number of aromatic hydroxyl groups is 1. The van der Waals surface area contributed by atoms with E-state index in [9.17, 15) is 5.11 Å². The van der Waals surface area contributed by atoms with Crippen molar-refractivity contribution in [3.63, 3.8) is 0 Å². The molecule has 2 aromatic heterocycles. The van der Waals surface area contributed by atoms with E-state index >= 15 is 0 Å². The predicted octanol–water partition coefficient (Wildman–Crippen LogP) is 1.48. The molecule has 19 heavy (non-hydrogen) atoms. The van der Waals surface area contributed by atoms with Gasteiger partial charge in [-0.2, -0.15) is 0 Å². The van der Waals surface area contributed by atoms with Crippen LogP contribution in [0, 0.1) is 0 Å². The van der Waals surface area contributed by atoms with E-state index in [0.717, 1.165) is 24.3 Å². The molecule has 0 spiro atoms. The number of hydrogen-bond donors (Lipinski definition) is 2. The molecule has 2 N–H and O–H groups in total.